The van der Waals surface area contributed by atoms with E-state index in [9.17, 15) is 4.79 Å². The number of rotatable bonds is 5. The van der Waals surface area contributed by atoms with Crippen molar-refractivity contribution in [3.63, 3.8) is 0 Å². The van der Waals surface area contributed by atoms with Crippen molar-refractivity contribution in [2.75, 3.05) is 12.8 Å². The molecule has 0 aliphatic heterocycles. The first-order chi connectivity index (χ1) is 14.4. The van der Waals surface area contributed by atoms with Crippen LogP contribution in [-0.2, 0) is 0 Å². The average molecular weight is 403 g/mol. The van der Waals surface area contributed by atoms with E-state index in [4.69, 9.17) is 20.4 Å². The van der Waals surface area contributed by atoms with Gasteiger partial charge in [0, 0.05) is 6.04 Å². The molecule has 4 rings (SSSR count). The van der Waals surface area contributed by atoms with Crippen LogP contribution in [0.5, 0.6) is 5.75 Å². The molecule has 2 aromatic heterocycles. The molecule has 0 saturated carbocycles. The zero-order chi connectivity index (χ0) is 21.4. The fourth-order valence-corrected chi connectivity index (χ4v) is 3.50. The summed E-state index contributed by atoms with van der Waals surface area (Å²) in [6, 6.07) is 13.4. The molecule has 1 amide bonds. The van der Waals surface area contributed by atoms with Crippen LogP contribution in [0.15, 0.2) is 42.5 Å². The molecule has 0 saturated heterocycles. The molecule has 2 heterocycles. The molecule has 0 unspecified atom stereocenters. The summed E-state index contributed by atoms with van der Waals surface area (Å²) >= 11 is 0. The van der Waals surface area contributed by atoms with Crippen LogP contribution in [0.1, 0.15) is 36.2 Å². The van der Waals surface area contributed by atoms with Crippen molar-refractivity contribution in [1.29, 1.82) is 0 Å². The Morgan fingerprint density at radius 3 is 2.57 bits per heavy atom. The van der Waals surface area contributed by atoms with E-state index >= 15 is 0 Å². The molecule has 2 aromatic carbocycles. The monoisotopic (exact) mass is 403 g/mol. The molecule has 7 nitrogen and oxygen atoms in total. The summed E-state index contributed by atoms with van der Waals surface area (Å²) in [4.78, 5) is 22.7. The van der Waals surface area contributed by atoms with Crippen LogP contribution in [0.3, 0.4) is 0 Å². The first-order valence-corrected chi connectivity index (χ1v) is 9.97. The second kappa shape index (κ2) is 7.67. The van der Waals surface area contributed by atoms with Crippen molar-refractivity contribution in [2.45, 2.75) is 33.2 Å². The average Bonchev–Trinajstić information content (AvgIpc) is 3.02. The number of ether oxygens (including phenoxy) is 1. The molecule has 0 fully saturated rings. The molecular formula is C23H25N5O2. The number of amides is 1. The lowest BCUT2D eigenvalue weighted by Gasteiger charge is -2.14. The van der Waals surface area contributed by atoms with Gasteiger partial charge in [-0.25, -0.2) is 9.97 Å². The summed E-state index contributed by atoms with van der Waals surface area (Å²) in [5.41, 5.74) is 11.1. The van der Waals surface area contributed by atoms with E-state index in [-0.39, 0.29) is 17.8 Å². The number of hydrogen-bond acceptors (Lipinski definition) is 5. The molecule has 154 valence electrons. The van der Waals surface area contributed by atoms with Gasteiger partial charge >= 0.3 is 0 Å². The van der Waals surface area contributed by atoms with Gasteiger partial charge in [-0.2, -0.15) is 0 Å². The van der Waals surface area contributed by atoms with E-state index in [1.807, 2.05) is 63.2 Å². The Bertz CT molecular complexity index is 1260. The summed E-state index contributed by atoms with van der Waals surface area (Å²) < 4.78 is 7.33. The van der Waals surface area contributed by atoms with E-state index < -0.39 is 0 Å². The summed E-state index contributed by atoms with van der Waals surface area (Å²) in [6.45, 7) is 5.96. The van der Waals surface area contributed by atoms with Crippen LogP contribution >= 0.6 is 0 Å². The summed E-state index contributed by atoms with van der Waals surface area (Å²) in [5, 5.41) is 3.00. The minimum atomic E-state index is -0.262. The zero-order valence-corrected chi connectivity index (χ0v) is 17.6. The standard InChI is InChI=1S/C23H25N5O2/c1-5-14(3)25-23(29)19-20-22(27-16-9-7-6-8-15(16)26-20)28(21(19)24)17-12-13(2)10-11-18(17)30-4/h6-12,14H,5,24H2,1-4H3,(H,25,29)/t14-/m1/s1. The van der Waals surface area contributed by atoms with Crippen LogP contribution in [-0.4, -0.2) is 33.6 Å². The Morgan fingerprint density at radius 1 is 1.20 bits per heavy atom. The number of carbonyl (C=O) groups is 1. The number of benzene rings is 2. The number of fused-ring (bicyclic) bond motifs is 2. The second-order valence-corrected chi connectivity index (χ2v) is 7.44. The van der Waals surface area contributed by atoms with Gasteiger partial charge in [-0.1, -0.05) is 25.1 Å². The Hall–Kier alpha value is -3.61. The van der Waals surface area contributed by atoms with Gasteiger partial charge in [0.15, 0.2) is 5.65 Å². The third kappa shape index (κ3) is 3.22. The number of nitrogens with two attached hydrogens (primary N) is 1. The third-order valence-electron chi connectivity index (χ3n) is 5.29. The third-order valence-corrected chi connectivity index (χ3v) is 5.29. The minimum absolute atomic E-state index is 0.0113. The molecule has 3 N–H and O–H groups in total. The Morgan fingerprint density at radius 2 is 1.90 bits per heavy atom. The summed E-state index contributed by atoms with van der Waals surface area (Å²) in [5.74, 6) is 0.653. The highest BCUT2D eigenvalue weighted by molar-refractivity contribution is 6.11. The van der Waals surface area contributed by atoms with Crippen molar-refractivity contribution < 1.29 is 9.53 Å². The number of nitrogens with zero attached hydrogens (tertiary/aromatic N) is 3. The van der Waals surface area contributed by atoms with E-state index in [2.05, 4.69) is 5.32 Å². The van der Waals surface area contributed by atoms with Gasteiger partial charge < -0.3 is 15.8 Å². The molecule has 0 bridgehead atoms. The Labute approximate surface area is 174 Å². The molecule has 0 radical (unpaired) electrons. The highest BCUT2D eigenvalue weighted by Gasteiger charge is 2.26. The number of aromatic nitrogens is 3. The van der Waals surface area contributed by atoms with Crippen molar-refractivity contribution in [3.8, 4) is 11.4 Å². The number of nitrogens with one attached hydrogen (secondary N) is 1. The normalized spacial score (nSPS) is 12.3. The summed E-state index contributed by atoms with van der Waals surface area (Å²) in [7, 11) is 1.60. The van der Waals surface area contributed by atoms with E-state index in [0.29, 0.717) is 33.7 Å². The largest absolute Gasteiger partial charge is 0.495 e. The fourth-order valence-electron chi connectivity index (χ4n) is 3.50. The Kier molecular flexibility index (Phi) is 5.03. The SMILES string of the molecule is CC[C@@H](C)NC(=O)c1c(N)n(-c2cc(C)ccc2OC)c2nc3ccccc3nc12. The number of hydrogen-bond donors (Lipinski definition) is 2. The highest BCUT2D eigenvalue weighted by Crippen LogP contribution is 2.35. The van der Waals surface area contributed by atoms with Gasteiger partial charge in [0.25, 0.3) is 5.91 Å². The van der Waals surface area contributed by atoms with Crippen LogP contribution in [0.2, 0.25) is 0 Å². The van der Waals surface area contributed by atoms with Crippen molar-refractivity contribution >= 4 is 33.9 Å². The van der Waals surface area contributed by atoms with Crippen LogP contribution < -0.4 is 15.8 Å². The van der Waals surface area contributed by atoms with Gasteiger partial charge in [-0.3, -0.25) is 9.36 Å². The molecule has 0 aliphatic rings. The van der Waals surface area contributed by atoms with E-state index in [0.717, 1.165) is 17.5 Å². The second-order valence-electron chi connectivity index (χ2n) is 7.44. The first-order valence-electron chi connectivity index (χ1n) is 9.97. The minimum Gasteiger partial charge on any atom is -0.495 e. The zero-order valence-electron chi connectivity index (χ0n) is 17.6. The van der Waals surface area contributed by atoms with Crippen molar-refractivity contribution in [1.82, 2.24) is 19.9 Å². The first kappa shape index (κ1) is 19.7. The number of para-hydroxylation sites is 2. The smallest absolute Gasteiger partial charge is 0.257 e. The number of aryl methyl sites for hydroxylation is 1. The maximum Gasteiger partial charge on any atom is 0.257 e. The van der Waals surface area contributed by atoms with Gasteiger partial charge in [0.05, 0.1) is 23.8 Å². The quantitative estimate of drug-likeness (QED) is 0.525. The van der Waals surface area contributed by atoms with Gasteiger partial charge in [0.2, 0.25) is 0 Å². The van der Waals surface area contributed by atoms with Gasteiger partial charge in [-0.15, -0.1) is 0 Å². The predicted octanol–water partition coefficient (Wildman–Crippen LogP) is 4.00. The number of nitrogen functional groups attached to an aromatic ring is 1. The fraction of sp³-hybridized carbons (Fsp3) is 0.261. The topological polar surface area (TPSA) is 95.1 Å². The Balaban J connectivity index is 2.08. The van der Waals surface area contributed by atoms with Crippen LogP contribution in [0.25, 0.3) is 27.9 Å². The lowest BCUT2D eigenvalue weighted by Crippen LogP contribution is -2.32. The number of carbonyl (C=O) groups excluding carboxylic acids is 1. The molecule has 0 aliphatic carbocycles. The molecule has 30 heavy (non-hydrogen) atoms. The van der Waals surface area contributed by atoms with Gasteiger partial charge in [0.1, 0.15) is 22.6 Å². The predicted molar refractivity (Wildman–Crippen MR) is 119 cm³/mol. The van der Waals surface area contributed by atoms with Crippen LogP contribution in [0, 0.1) is 6.92 Å². The highest BCUT2D eigenvalue weighted by atomic mass is 16.5. The maximum atomic E-state index is 13.1. The van der Waals surface area contributed by atoms with E-state index in [1.165, 1.54) is 0 Å². The number of anilines is 1. The molecule has 7 heteroatoms. The maximum absolute atomic E-state index is 13.1. The molecule has 1 atom stereocenters. The summed E-state index contributed by atoms with van der Waals surface area (Å²) in [6.07, 6.45) is 0.810. The van der Waals surface area contributed by atoms with E-state index in [1.54, 1.807) is 11.7 Å². The lowest BCUT2D eigenvalue weighted by atomic mass is 10.2. The van der Waals surface area contributed by atoms with Crippen molar-refractivity contribution in [3.05, 3.63) is 53.6 Å². The van der Waals surface area contributed by atoms with Crippen molar-refractivity contribution in [2.24, 2.45) is 0 Å². The van der Waals surface area contributed by atoms with Gasteiger partial charge in [-0.05, 0) is 50.1 Å². The molecule has 4 aromatic rings. The lowest BCUT2D eigenvalue weighted by molar-refractivity contribution is 0.0941. The molecular weight excluding hydrogens is 378 g/mol. The van der Waals surface area contributed by atoms with Crippen LogP contribution in [0.4, 0.5) is 5.82 Å². The number of methoxy groups -OCH3 is 1. The molecule has 0 spiro atoms.